The molecule has 0 aliphatic heterocycles. The summed E-state index contributed by atoms with van der Waals surface area (Å²) >= 11 is 3.56. The van der Waals surface area contributed by atoms with Gasteiger partial charge in [-0.3, -0.25) is 9.59 Å². The molecule has 2 amide bonds. The van der Waals surface area contributed by atoms with E-state index in [1.165, 1.54) is 0 Å². The molecule has 4 aromatic carbocycles. The molecule has 4 aromatic rings. The first kappa shape index (κ1) is 21.6. The van der Waals surface area contributed by atoms with Crippen LogP contribution in [-0.2, 0) is 11.3 Å². The monoisotopic (exact) mass is 488 g/mol. The number of ether oxygens (including phenoxy) is 1. The minimum atomic E-state index is -0.353. The molecule has 0 aromatic heterocycles. The fourth-order valence-corrected chi connectivity index (χ4v) is 3.93. The third kappa shape index (κ3) is 5.15. The summed E-state index contributed by atoms with van der Waals surface area (Å²) in [7, 11) is 0. The second-order valence-corrected chi connectivity index (χ2v) is 7.94. The van der Waals surface area contributed by atoms with Crippen LogP contribution >= 0.6 is 15.9 Å². The first-order valence-corrected chi connectivity index (χ1v) is 10.9. The molecule has 0 radical (unpaired) electrons. The fourth-order valence-electron chi connectivity index (χ4n) is 3.32. The lowest BCUT2D eigenvalue weighted by Crippen LogP contribution is -2.26. The van der Waals surface area contributed by atoms with E-state index in [4.69, 9.17) is 4.74 Å². The molecule has 5 nitrogen and oxygen atoms in total. The quantitative estimate of drug-likeness (QED) is 0.358. The Morgan fingerprint density at radius 2 is 1.53 bits per heavy atom. The summed E-state index contributed by atoms with van der Waals surface area (Å²) in [5, 5.41) is 7.74. The average Bonchev–Trinajstić information content (AvgIpc) is 2.83. The number of benzene rings is 4. The van der Waals surface area contributed by atoms with E-state index in [2.05, 4.69) is 26.6 Å². The van der Waals surface area contributed by atoms with Gasteiger partial charge in [0.15, 0.2) is 6.61 Å². The van der Waals surface area contributed by atoms with Crippen molar-refractivity contribution in [1.82, 2.24) is 5.32 Å². The number of carbonyl (C=O) groups excluding carboxylic acids is 2. The number of fused-ring (bicyclic) bond motifs is 1. The molecule has 4 rings (SSSR count). The van der Waals surface area contributed by atoms with E-state index >= 15 is 0 Å². The zero-order valence-corrected chi connectivity index (χ0v) is 18.8. The molecule has 32 heavy (non-hydrogen) atoms. The topological polar surface area (TPSA) is 67.4 Å². The van der Waals surface area contributed by atoms with E-state index in [0.717, 1.165) is 20.8 Å². The Morgan fingerprint density at radius 3 is 2.38 bits per heavy atom. The van der Waals surface area contributed by atoms with Gasteiger partial charge in [0.05, 0.1) is 15.7 Å². The maximum atomic E-state index is 12.7. The van der Waals surface area contributed by atoms with Crippen LogP contribution in [0.1, 0.15) is 15.9 Å². The summed E-state index contributed by atoms with van der Waals surface area (Å²) in [5.74, 6) is -0.0379. The number of amides is 2. The van der Waals surface area contributed by atoms with Crippen molar-refractivity contribution in [1.29, 1.82) is 0 Å². The molecule has 6 heteroatoms. The molecule has 0 unspecified atom stereocenters. The van der Waals surface area contributed by atoms with Gasteiger partial charge in [-0.15, -0.1) is 0 Å². The SMILES string of the molecule is O=C(COc1ccc2ccccc2c1Br)Nc1ccccc1C(=O)NCc1ccccc1. The van der Waals surface area contributed by atoms with Crippen LogP contribution in [0.2, 0.25) is 0 Å². The van der Waals surface area contributed by atoms with Gasteiger partial charge in [0.1, 0.15) is 5.75 Å². The van der Waals surface area contributed by atoms with Crippen LogP contribution in [-0.4, -0.2) is 18.4 Å². The lowest BCUT2D eigenvalue weighted by molar-refractivity contribution is -0.118. The smallest absolute Gasteiger partial charge is 0.262 e. The summed E-state index contributed by atoms with van der Waals surface area (Å²) in [6.07, 6.45) is 0. The Morgan fingerprint density at radius 1 is 0.812 bits per heavy atom. The predicted octanol–water partition coefficient (Wildman–Crippen LogP) is 5.55. The van der Waals surface area contributed by atoms with Gasteiger partial charge in [0, 0.05) is 6.54 Å². The van der Waals surface area contributed by atoms with Crippen LogP contribution in [0.3, 0.4) is 0 Å². The van der Waals surface area contributed by atoms with Crippen molar-refractivity contribution in [2.75, 3.05) is 11.9 Å². The minimum absolute atomic E-state index is 0.184. The van der Waals surface area contributed by atoms with Gasteiger partial charge < -0.3 is 15.4 Å². The summed E-state index contributed by atoms with van der Waals surface area (Å²) < 4.78 is 6.52. The van der Waals surface area contributed by atoms with Gasteiger partial charge in [0.2, 0.25) is 0 Å². The summed E-state index contributed by atoms with van der Waals surface area (Å²) in [5.41, 5.74) is 1.82. The van der Waals surface area contributed by atoms with Gasteiger partial charge in [-0.05, 0) is 50.5 Å². The Kier molecular flexibility index (Phi) is 6.82. The number of para-hydroxylation sites is 1. The third-order valence-electron chi connectivity index (χ3n) is 4.93. The molecule has 0 fully saturated rings. The number of halogens is 1. The fraction of sp³-hybridized carbons (Fsp3) is 0.0769. The molecule has 0 aliphatic rings. The zero-order valence-electron chi connectivity index (χ0n) is 17.2. The summed E-state index contributed by atoms with van der Waals surface area (Å²) in [4.78, 5) is 25.2. The van der Waals surface area contributed by atoms with Gasteiger partial charge in [-0.2, -0.15) is 0 Å². The summed E-state index contributed by atoms with van der Waals surface area (Å²) in [6.45, 7) is 0.220. The molecule has 2 N–H and O–H groups in total. The first-order valence-electron chi connectivity index (χ1n) is 10.1. The minimum Gasteiger partial charge on any atom is -0.483 e. The molecular weight excluding hydrogens is 468 g/mol. The molecular formula is C26H21BrN2O3. The van der Waals surface area contributed by atoms with E-state index in [1.807, 2.05) is 66.7 Å². The number of rotatable bonds is 7. The Hall–Kier alpha value is -3.64. The normalized spacial score (nSPS) is 10.5. The van der Waals surface area contributed by atoms with Gasteiger partial charge >= 0.3 is 0 Å². The molecule has 0 heterocycles. The van der Waals surface area contributed by atoms with Crippen molar-refractivity contribution in [3.05, 3.63) is 107 Å². The first-order chi connectivity index (χ1) is 15.6. The molecule has 160 valence electrons. The highest BCUT2D eigenvalue weighted by molar-refractivity contribution is 9.10. The van der Waals surface area contributed by atoms with E-state index in [9.17, 15) is 9.59 Å². The van der Waals surface area contributed by atoms with Crippen molar-refractivity contribution >= 4 is 44.2 Å². The number of hydrogen-bond acceptors (Lipinski definition) is 3. The molecule has 0 saturated carbocycles. The number of nitrogens with one attached hydrogen (secondary N) is 2. The number of carbonyl (C=O) groups is 2. The van der Waals surface area contributed by atoms with Crippen molar-refractivity contribution in [2.24, 2.45) is 0 Å². The third-order valence-corrected chi connectivity index (χ3v) is 5.75. The number of hydrogen-bond donors (Lipinski definition) is 2. The van der Waals surface area contributed by atoms with Gasteiger partial charge in [0.25, 0.3) is 11.8 Å². The van der Waals surface area contributed by atoms with Crippen molar-refractivity contribution in [3.8, 4) is 5.75 Å². The van der Waals surface area contributed by atoms with Crippen molar-refractivity contribution in [2.45, 2.75) is 6.54 Å². The van der Waals surface area contributed by atoms with E-state index in [0.29, 0.717) is 23.5 Å². The van der Waals surface area contributed by atoms with Gasteiger partial charge in [-0.25, -0.2) is 0 Å². The second-order valence-electron chi connectivity index (χ2n) is 7.15. The van der Waals surface area contributed by atoms with Crippen LogP contribution in [0.25, 0.3) is 10.8 Å². The number of anilines is 1. The predicted molar refractivity (Wildman–Crippen MR) is 130 cm³/mol. The van der Waals surface area contributed by atoms with E-state index in [-0.39, 0.29) is 18.4 Å². The summed E-state index contributed by atoms with van der Waals surface area (Å²) in [6, 6.07) is 28.2. The largest absolute Gasteiger partial charge is 0.483 e. The van der Waals surface area contributed by atoms with Crippen LogP contribution in [0.5, 0.6) is 5.75 Å². The van der Waals surface area contributed by atoms with Crippen molar-refractivity contribution < 1.29 is 14.3 Å². The second kappa shape index (κ2) is 10.1. The Bertz CT molecular complexity index is 1260. The van der Waals surface area contributed by atoms with Crippen LogP contribution < -0.4 is 15.4 Å². The lowest BCUT2D eigenvalue weighted by atomic mass is 10.1. The van der Waals surface area contributed by atoms with Crippen molar-refractivity contribution in [3.63, 3.8) is 0 Å². The molecule has 0 aliphatic carbocycles. The van der Waals surface area contributed by atoms with Crippen LogP contribution in [0.4, 0.5) is 5.69 Å². The van der Waals surface area contributed by atoms with E-state index < -0.39 is 0 Å². The molecule has 0 spiro atoms. The molecule has 0 saturated heterocycles. The van der Waals surface area contributed by atoms with Gasteiger partial charge in [-0.1, -0.05) is 72.8 Å². The van der Waals surface area contributed by atoms with E-state index in [1.54, 1.807) is 24.3 Å². The standard InChI is InChI=1S/C26H21BrN2O3/c27-25-20-11-5-4-10-19(20)14-15-23(25)32-17-24(30)29-22-13-7-6-12-21(22)26(31)28-16-18-8-2-1-3-9-18/h1-15H,16-17H2,(H,28,31)(H,29,30). The maximum Gasteiger partial charge on any atom is 0.262 e. The highest BCUT2D eigenvalue weighted by Gasteiger charge is 2.14. The maximum absolute atomic E-state index is 12.7. The Balaban J connectivity index is 1.39. The average molecular weight is 489 g/mol. The van der Waals surface area contributed by atoms with Crippen LogP contribution in [0, 0.1) is 0 Å². The zero-order chi connectivity index (χ0) is 22.3. The Labute approximate surface area is 194 Å². The molecule has 0 atom stereocenters. The lowest BCUT2D eigenvalue weighted by Gasteiger charge is -2.13. The highest BCUT2D eigenvalue weighted by atomic mass is 79.9. The highest BCUT2D eigenvalue weighted by Crippen LogP contribution is 2.33. The van der Waals surface area contributed by atoms with Crippen LogP contribution in [0.15, 0.2) is 95.5 Å². The molecule has 0 bridgehead atoms.